The number of anilines is 1. The molecular formula is C28H26N2O5S. The van der Waals surface area contributed by atoms with E-state index in [4.69, 9.17) is 9.47 Å². The Balaban J connectivity index is 1.33. The fraction of sp³-hybridized carbons (Fsp3) is 0.179. The first-order chi connectivity index (χ1) is 17.4. The summed E-state index contributed by atoms with van der Waals surface area (Å²) in [6.45, 7) is 4.10. The predicted octanol–water partition coefficient (Wildman–Crippen LogP) is 5.44. The third-order valence-electron chi connectivity index (χ3n) is 5.39. The molecule has 0 radical (unpaired) electrons. The van der Waals surface area contributed by atoms with E-state index in [2.05, 4.69) is 5.32 Å². The molecule has 4 rings (SSSR count). The summed E-state index contributed by atoms with van der Waals surface area (Å²) in [5.74, 6) is 0.543. The summed E-state index contributed by atoms with van der Waals surface area (Å²) in [6.07, 6.45) is 1.65. The summed E-state index contributed by atoms with van der Waals surface area (Å²) in [5, 5.41) is 2.49. The van der Waals surface area contributed by atoms with E-state index < -0.39 is 0 Å². The quantitative estimate of drug-likeness (QED) is 0.393. The van der Waals surface area contributed by atoms with Gasteiger partial charge in [0.2, 0.25) is 0 Å². The molecular weight excluding hydrogens is 476 g/mol. The zero-order valence-corrected chi connectivity index (χ0v) is 20.8. The lowest BCUT2D eigenvalue weighted by Crippen LogP contribution is -2.32. The van der Waals surface area contributed by atoms with Crippen LogP contribution in [0.3, 0.4) is 0 Å². The Morgan fingerprint density at radius 3 is 2.47 bits per heavy atom. The lowest BCUT2D eigenvalue weighted by Gasteiger charge is -2.13. The second kappa shape index (κ2) is 11.6. The minimum Gasteiger partial charge on any atom is -0.492 e. The molecule has 1 N–H and O–H groups in total. The van der Waals surface area contributed by atoms with Crippen LogP contribution in [-0.4, -0.2) is 41.7 Å². The van der Waals surface area contributed by atoms with Crippen LogP contribution >= 0.6 is 11.8 Å². The van der Waals surface area contributed by atoms with Crippen LogP contribution in [0, 0.1) is 13.8 Å². The maximum absolute atomic E-state index is 12.8. The molecule has 0 aromatic heterocycles. The van der Waals surface area contributed by atoms with Gasteiger partial charge in [-0.1, -0.05) is 42.5 Å². The number of benzene rings is 3. The van der Waals surface area contributed by atoms with E-state index in [1.54, 1.807) is 30.3 Å². The van der Waals surface area contributed by atoms with Crippen molar-refractivity contribution in [2.24, 2.45) is 0 Å². The van der Waals surface area contributed by atoms with Crippen molar-refractivity contribution in [3.63, 3.8) is 0 Å². The average molecular weight is 503 g/mol. The first-order valence-corrected chi connectivity index (χ1v) is 12.2. The SMILES string of the molecule is Cc1cccc(OCCN2C(=O)S/C(=C\c3cccc(OCC(=O)Nc4ccccc4C)c3)C2=O)c1. The van der Waals surface area contributed by atoms with Crippen molar-refractivity contribution in [2.45, 2.75) is 13.8 Å². The topological polar surface area (TPSA) is 84.9 Å². The number of carbonyl (C=O) groups excluding carboxylic acids is 3. The first kappa shape index (κ1) is 25.1. The highest BCUT2D eigenvalue weighted by Crippen LogP contribution is 2.32. The number of hydrogen-bond acceptors (Lipinski definition) is 6. The fourth-order valence-electron chi connectivity index (χ4n) is 3.55. The smallest absolute Gasteiger partial charge is 0.293 e. The zero-order valence-electron chi connectivity index (χ0n) is 20.0. The third kappa shape index (κ3) is 6.55. The number of hydrogen-bond donors (Lipinski definition) is 1. The number of ether oxygens (including phenoxy) is 2. The van der Waals surface area contributed by atoms with Crippen molar-refractivity contribution in [3.05, 3.63) is 94.4 Å². The van der Waals surface area contributed by atoms with E-state index in [0.717, 1.165) is 28.6 Å². The van der Waals surface area contributed by atoms with Gasteiger partial charge in [0, 0.05) is 5.69 Å². The Kier molecular flexibility index (Phi) is 8.07. The van der Waals surface area contributed by atoms with Crippen molar-refractivity contribution in [3.8, 4) is 11.5 Å². The third-order valence-corrected chi connectivity index (χ3v) is 6.30. The first-order valence-electron chi connectivity index (χ1n) is 11.4. The van der Waals surface area contributed by atoms with E-state index in [-0.39, 0.29) is 36.8 Å². The Labute approximate surface area is 214 Å². The Morgan fingerprint density at radius 2 is 1.69 bits per heavy atom. The van der Waals surface area contributed by atoms with Crippen LogP contribution in [-0.2, 0) is 9.59 Å². The highest BCUT2D eigenvalue weighted by molar-refractivity contribution is 8.18. The Morgan fingerprint density at radius 1 is 0.944 bits per heavy atom. The van der Waals surface area contributed by atoms with E-state index in [1.165, 1.54) is 4.90 Å². The number of rotatable bonds is 9. The summed E-state index contributed by atoms with van der Waals surface area (Å²) in [5.41, 5.74) is 3.46. The Hall–Kier alpha value is -4.04. The lowest BCUT2D eigenvalue weighted by atomic mass is 10.2. The van der Waals surface area contributed by atoms with Crippen LogP contribution in [0.5, 0.6) is 11.5 Å². The molecule has 0 bridgehead atoms. The van der Waals surface area contributed by atoms with Crippen LogP contribution in [0.1, 0.15) is 16.7 Å². The largest absolute Gasteiger partial charge is 0.492 e. The summed E-state index contributed by atoms with van der Waals surface area (Å²) in [6, 6.07) is 22.1. The molecule has 0 atom stereocenters. The van der Waals surface area contributed by atoms with Crippen molar-refractivity contribution in [1.29, 1.82) is 0 Å². The number of amides is 3. The molecule has 3 amide bonds. The second-order valence-corrected chi connectivity index (χ2v) is 9.22. The van der Waals surface area contributed by atoms with Gasteiger partial charge in [-0.2, -0.15) is 0 Å². The number of aryl methyl sites for hydroxylation is 2. The molecule has 1 aliphatic heterocycles. The molecule has 1 heterocycles. The molecule has 1 saturated heterocycles. The maximum Gasteiger partial charge on any atom is 0.293 e. The molecule has 3 aromatic carbocycles. The molecule has 7 nitrogen and oxygen atoms in total. The van der Waals surface area contributed by atoms with Gasteiger partial charge in [-0.05, 0) is 78.7 Å². The number of thioether (sulfide) groups is 1. The number of nitrogens with one attached hydrogen (secondary N) is 1. The summed E-state index contributed by atoms with van der Waals surface area (Å²) in [7, 11) is 0. The van der Waals surface area contributed by atoms with Gasteiger partial charge < -0.3 is 14.8 Å². The van der Waals surface area contributed by atoms with Gasteiger partial charge in [-0.15, -0.1) is 0 Å². The monoisotopic (exact) mass is 502 g/mol. The molecule has 0 aliphatic carbocycles. The van der Waals surface area contributed by atoms with Gasteiger partial charge >= 0.3 is 0 Å². The summed E-state index contributed by atoms with van der Waals surface area (Å²) >= 11 is 0.890. The molecule has 3 aromatic rings. The fourth-order valence-corrected chi connectivity index (χ4v) is 4.41. The van der Waals surface area contributed by atoms with E-state index in [9.17, 15) is 14.4 Å². The highest BCUT2D eigenvalue weighted by atomic mass is 32.2. The maximum atomic E-state index is 12.8. The van der Waals surface area contributed by atoms with Crippen LogP contribution in [0.15, 0.2) is 77.7 Å². The van der Waals surface area contributed by atoms with E-state index in [1.807, 2.05) is 62.4 Å². The minimum absolute atomic E-state index is 0.157. The minimum atomic E-state index is -0.359. The molecule has 36 heavy (non-hydrogen) atoms. The van der Waals surface area contributed by atoms with Gasteiger partial charge in [0.1, 0.15) is 18.1 Å². The molecule has 184 valence electrons. The number of para-hydroxylation sites is 1. The van der Waals surface area contributed by atoms with Crippen LogP contribution in [0.25, 0.3) is 6.08 Å². The molecule has 1 fully saturated rings. The van der Waals surface area contributed by atoms with Crippen molar-refractivity contribution in [2.75, 3.05) is 25.1 Å². The van der Waals surface area contributed by atoms with Crippen molar-refractivity contribution < 1.29 is 23.9 Å². The van der Waals surface area contributed by atoms with Gasteiger partial charge in [0.15, 0.2) is 6.61 Å². The van der Waals surface area contributed by atoms with E-state index >= 15 is 0 Å². The van der Waals surface area contributed by atoms with Crippen molar-refractivity contribution in [1.82, 2.24) is 4.90 Å². The van der Waals surface area contributed by atoms with Gasteiger partial charge in [0.25, 0.3) is 17.1 Å². The van der Waals surface area contributed by atoms with Gasteiger partial charge in [-0.3, -0.25) is 19.3 Å². The van der Waals surface area contributed by atoms with Crippen molar-refractivity contribution >= 4 is 40.6 Å². The predicted molar refractivity (Wildman–Crippen MR) is 141 cm³/mol. The zero-order chi connectivity index (χ0) is 25.5. The van der Waals surface area contributed by atoms with Crippen LogP contribution in [0.4, 0.5) is 10.5 Å². The molecule has 8 heteroatoms. The number of carbonyl (C=O) groups is 3. The lowest BCUT2D eigenvalue weighted by molar-refractivity contribution is -0.123. The molecule has 0 unspecified atom stereocenters. The standard InChI is InChI=1S/C28H26N2O5S/c1-19-7-5-10-22(15-19)34-14-13-30-27(32)25(36-28(30)33)17-21-9-6-11-23(16-21)35-18-26(31)29-24-12-4-3-8-20(24)2/h3-12,15-17H,13-14,18H2,1-2H3,(H,29,31)/b25-17-. The van der Waals surface area contributed by atoms with E-state index in [0.29, 0.717) is 22.0 Å². The highest BCUT2D eigenvalue weighted by Gasteiger charge is 2.34. The van der Waals surface area contributed by atoms with Crippen LogP contribution < -0.4 is 14.8 Å². The van der Waals surface area contributed by atoms with Crippen LogP contribution in [0.2, 0.25) is 0 Å². The van der Waals surface area contributed by atoms with Gasteiger partial charge in [-0.25, -0.2) is 0 Å². The summed E-state index contributed by atoms with van der Waals surface area (Å²) in [4.78, 5) is 39.0. The molecule has 0 spiro atoms. The number of nitrogens with zero attached hydrogens (tertiary/aromatic N) is 1. The summed E-state index contributed by atoms with van der Waals surface area (Å²) < 4.78 is 11.3. The molecule has 0 saturated carbocycles. The Bertz CT molecular complexity index is 1320. The van der Waals surface area contributed by atoms with Gasteiger partial charge in [0.05, 0.1) is 11.4 Å². The molecule has 1 aliphatic rings. The number of imide groups is 1. The second-order valence-electron chi connectivity index (χ2n) is 8.22. The normalized spacial score (nSPS) is 14.3. The average Bonchev–Trinajstić information content (AvgIpc) is 3.12.